The molecule has 3 rings (SSSR count). The molecule has 1 amide bonds. The summed E-state index contributed by atoms with van der Waals surface area (Å²) >= 11 is 3.36. The minimum absolute atomic E-state index is 0.0555. The van der Waals surface area contributed by atoms with Gasteiger partial charge in [0.15, 0.2) is 6.61 Å². The molecule has 2 aromatic rings. The summed E-state index contributed by atoms with van der Waals surface area (Å²) < 4.78 is 6.40. The van der Waals surface area contributed by atoms with E-state index in [1.807, 2.05) is 24.3 Å². The molecule has 118 valence electrons. The topological polar surface area (TPSA) is 50.7 Å². The fraction of sp³-hybridized carbons (Fsp3) is 0.222. The van der Waals surface area contributed by atoms with Gasteiger partial charge in [0.05, 0.1) is 5.71 Å². The Kier molecular flexibility index (Phi) is 5.08. The van der Waals surface area contributed by atoms with E-state index in [1.165, 1.54) is 5.56 Å². The number of benzene rings is 2. The van der Waals surface area contributed by atoms with Crippen molar-refractivity contribution < 1.29 is 9.53 Å². The zero-order valence-electron chi connectivity index (χ0n) is 12.6. The minimum Gasteiger partial charge on any atom is -0.484 e. The van der Waals surface area contributed by atoms with Gasteiger partial charge >= 0.3 is 0 Å². The fourth-order valence-electron chi connectivity index (χ4n) is 2.56. The second kappa shape index (κ2) is 7.42. The van der Waals surface area contributed by atoms with Crippen molar-refractivity contribution in [1.82, 2.24) is 5.43 Å². The third kappa shape index (κ3) is 4.20. The molecular formula is C18H17BrN2O2. The van der Waals surface area contributed by atoms with Gasteiger partial charge in [-0.05, 0) is 49.1 Å². The number of hydrogen-bond acceptors (Lipinski definition) is 3. The lowest BCUT2D eigenvalue weighted by molar-refractivity contribution is -0.123. The molecule has 0 spiro atoms. The van der Waals surface area contributed by atoms with Gasteiger partial charge in [-0.15, -0.1) is 0 Å². The van der Waals surface area contributed by atoms with Gasteiger partial charge in [-0.3, -0.25) is 4.79 Å². The average Bonchev–Trinajstić information content (AvgIpc) is 2.59. The fourth-order valence-corrected chi connectivity index (χ4v) is 2.82. The number of hydrogen-bond donors (Lipinski definition) is 1. The molecule has 0 heterocycles. The summed E-state index contributed by atoms with van der Waals surface area (Å²) in [6, 6.07) is 15.5. The molecule has 0 fully saturated rings. The van der Waals surface area contributed by atoms with E-state index in [0.29, 0.717) is 5.75 Å². The Morgan fingerprint density at radius 2 is 1.91 bits per heavy atom. The SMILES string of the molecule is O=C(COc1ccc(Br)cc1)NN=C1CCCc2ccccc21. The Labute approximate surface area is 143 Å². The van der Waals surface area contributed by atoms with Crippen LogP contribution in [0.25, 0.3) is 0 Å². The van der Waals surface area contributed by atoms with Gasteiger partial charge in [-0.2, -0.15) is 5.10 Å². The Hall–Kier alpha value is -2.14. The first-order chi connectivity index (χ1) is 11.2. The summed E-state index contributed by atoms with van der Waals surface area (Å²) in [5.74, 6) is 0.391. The number of rotatable bonds is 4. The summed E-state index contributed by atoms with van der Waals surface area (Å²) in [6.07, 6.45) is 3.00. The van der Waals surface area contributed by atoms with Crippen molar-refractivity contribution in [2.24, 2.45) is 5.10 Å². The van der Waals surface area contributed by atoms with E-state index in [9.17, 15) is 4.79 Å². The largest absolute Gasteiger partial charge is 0.484 e. The number of carbonyl (C=O) groups is 1. The van der Waals surface area contributed by atoms with Crippen LogP contribution in [0.2, 0.25) is 0 Å². The molecule has 0 saturated heterocycles. The van der Waals surface area contributed by atoms with Gasteiger partial charge in [0.2, 0.25) is 0 Å². The molecule has 1 aliphatic rings. The number of nitrogens with one attached hydrogen (secondary N) is 1. The Morgan fingerprint density at radius 1 is 1.13 bits per heavy atom. The molecule has 5 heteroatoms. The summed E-state index contributed by atoms with van der Waals surface area (Å²) in [4.78, 5) is 11.9. The quantitative estimate of drug-likeness (QED) is 0.832. The van der Waals surface area contributed by atoms with E-state index in [2.05, 4.69) is 38.6 Å². The molecular weight excluding hydrogens is 356 g/mol. The van der Waals surface area contributed by atoms with Gasteiger partial charge in [-0.25, -0.2) is 5.43 Å². The molecule has 23 heavy (non-hydrogen) atoms. The highest BCUT2D eigenvalue weighted by Gasteiger charge is 2.15. The smallest absolute Gasteiger partial charge is 0.277 e. The van der Waals surface area contributed by atoms with Crippen LogP contribution in [0, 0.1) is 0 Å². The second-order valence-electron chi connectivity index (χ2n) is 5.35. The van der Waals surface area contributed by atoms with Crippen LogP contribution >= 0.6 is 15.9 Å². The highest BCUT2D eigenvalue weighted by Crippen LogP contribution is 2.21. The van der Waals surface area contributed by atoms with Gasteiger partial charge in [0.1, 0.15) is 5.75 Å². The zero-order chi connectivity index (χ0) is 16.1. The van der Waals surface area contributed by atoms with E-state index in [4.69, 9.17) is 4.74 Å². The van der Waals surface area contributed by atoms with E-state index >= 15 is 0 Å². The molecule has 0 bridgehead atoms. The van der Waals surface area contributed by atoms with Crippen LogP contribution < -0.4 is 10.2 Å². The van der Waals surface area contributed by atoms with Gasteiger partial charge in [0, 0.05) is 10.0 Å². The summed E-state index contributed by atoms with van der Waals surface area (Å²) in [5.41, 5.74) is 5.95. The normalized spacial score (nSPS) is 15.1. The van der Waals surface area contributed by atoms with E-state index in [1.54, 1.807) is 12.1 Å². The highest BCUT2D eigenvalue weighted by atomic mass is 79.9. The maximum Gasteiger partial charge on any atom is 0.277 e. The van der Waals surface area contributed by atoms with Crippen LogP contribution in [-0.4, -0.2) is 18.2 Å². The van der Waals surface area contributed by atoms with Gasteiger partial charge < -0.3 is 4.74 Å². The van der Waals surface area contributed by atoms with Gasteiger partial charge in [0.25, 0.3) is 5.91 Å². The van der Waals surface area contributed by atoms with Crippen molar-refractivity contribution in [3.8, 4) is 5.75 Å². The van der Waals surface area contributed by atoms with Crippen LogP contribution in [0.15, 0.2) is 58.1 Å². The van der Waals surface area contributed by atoms with Crippen LogP contribution in [0.4, 0.5) is 0 Å². The average molecular weight is 373 g/mol. The number of hydrazone groups is 1. The number of aryl methyl sites for hydroxylation is 1. The van der Waals surface area contributed by atoms with Crippen molar-refractivity contribution in [3.05, 3.63) is 64.1 Å². The lowest BCUT2D eigenvalue weighted by Gasteiger charge is -2.17. The predicted octanol–water partition coefficient (Wildman–Crippen LogP) is 3.68. The third-order valence-corrected chi connectivity index (χ3v) is 4.22. The molecule has 0 unspecified atom stereocenters. The molecule has 0 aliphatic heterocycles. The first kappa shape index (κ1) is 15.7. The molecule has 0 saturated carbocycles. The molecule has 0 radical (unpaired) electrons. The number of carbonyl (C=O) groups excluding carboxylic acids is 1. The monoisotopic (exact) mass is 372 g/mol. The lowest BCUT2D eigenvalue weighted by atomic mass is 9.90. The highest BCUT2D eigenvalue weighted by molar-refractivity contribution is 9.10. The predicted molar refractivity (Wildman–Crippen MR) is 93.7 cm³/mol. The standard InChI is InChI=1S/C18H17BrN2O2/c19-14-8-10-15(11-9-14)23-12-18(22)21-20-17-7-3-5-13-4-1-2-6-16(13)17/h1-2,4,6,8-11H,3,5,7,12H2,(H,21,22). The Morgan fingerprint density at radius 3 is 2.74 bits per heavy atom. The maximum absolute atomic E-state index is 11.9. The van der Waals surface area contributed by atoms with E-state index < -0.39 is 0 Å². The third-order valence-electron chi connectivity index (χ3n) is 3.69. The summed E-state index contributed by atoms with van der Waals surface area (Å²) in [5, 5.41) is 4.28. The van der Waals surface area contributed by atoms with Crippen molar-refractivity contribution in [3.63, 3.8) is 0 Å². The first-order valence-corrected chi connectivity index (χ1v) is 8.34. The van der Waals surface area contributed by atoms with Gasteiger partial charge in [-0.1, -0.05) is 40.2 Å². The minimum atomic E-state index is -0.261. The van der Waals surface area contributed by atoms with Crippen LogP contribution in [0.1, 0.15) is 24.0 Å². The maximum atomic E-state index is 11.9. The van der Waals surface area contributed by atoms with Crippen LogP contribution in [-0.2, 0) is 11.2 Å². The number of halogens is 1. The molecule has 2 aromatic carbocycles. The molecule has 1 N–H and O–H groups in total. The second-order valence-corrected chi connectivity index (χ2v) is 6.26. The van der Waals surface area contributed by atoms with Crippen molar-refractivity contribution in [2.75, 3.05) is 6.61 Å². The van der Waals surface area contributed by atoms with Crippen LogP contribution in [0.5, 0.6) is 5.75 Å². The summed E-state index contributed by atoms with van der Waals surface area (Å²) in [7, 11) is 0. The number of ether oxygens (including phenoxy) is 1. The van der Waals surface area contributed by atoms with Crippen molar-refractivity contribution in [2.45, 2.75) is 19.3 Å². The van der Waals surface area contributed by atoms with Crippen LogP contribution in [0.3, 0.4) is 0 Å². The summed E-state index contributed by atoms with van der Waals surface area (Å²) in [6.45, 7) is -0.0555. The molecule has 4 nitrogen and oxygen atoms in total. The Balaban J connectivity index is 1.57. The van der Waals surface area contributed by atoms with Crippen molar-refractivity contribution >= 4 is 27.5 Å². The lowest BCUT2D eigenvalue weighted by Crippen LogP contribution is -2.26. The zero-order valence-corrected chi connectivity index (χ0v) is 14.2. The van der Waals surface area contributed by atoms with Crippen molar-refractivity contribution in [1.29, 1.82) is 0 Å². The number of nitrogens with zero attached hydrogens (tertiary/aromatic N) is 1. The molecule has 1 aliphatic carbocycles. The number of fused-ring (bicyclic) bond motifs is 1. The Bertz CT molecular complexity index is 726. The molecule has 0 aromatic heterocycles. The first-order valence-electron chi connectivity index (χ1n) is 7.54. The van der Waals surface area contributed by atoms with E-state index in [-0.39, 0.29) is 12.5 Å². The van der Waals surface area contributed by atoms with E-state index in [0.717, 1.165) is 35.0 Å². The molecule has 0 atom stereocenters. The number of amides is 1.